The van der Waals surface area contributed by atoms with Crippen molar-refractivity contribution in [2.24, 2.45) is 5.92 Å². The Morgan fingerprint density at radius 1 is 1.20 bits per heavy atom. The number of thiophene rings is 1. The Hall–Kier alpha value is -0.340. The Bertz CT molecular complexity index is 365. The molecule has 0 amide bonds. The van der Waals surface area contributed by atoms with E-state index in [0.29, 0.717) is 6.04 Å². The Kier molecular flexibility index (Phi) is 7.09. The van der Waals surface area contributed by atoms with Crippen LogP contribution in [0, 0.1) is 5.92 Å². The molecule has 20 heavy (non-hydrogen) atoms. The predicted octanol–water partition coefficient (Wildman–Crippen LogP) is 5.71. The quantitative estimate of drug-likeness (QED) is 0.647. The third kappa shape index (κ3) is 4.89. The summed E-state index contributed by atoms with van der Waals surface area (Å²) in [5.41, 5.74) is 0. The van der Waals surface area contributed by atoms with E-state index in [9.17, 15) is 0 Å². The number of hydrogen-bond acceptors (Lipinski definition) is 2. The number of rotatable bonds is 8. The van der Waals surface area contributed by atoms with Crippen molar-refractivity contribution < 1.29 is 0 Å². The molecule has 2 heteroatoms. The Balaban J connectivity index is 1.88. The third-order valence-electron chi connectivity index (χ3n) is 4.60. The van der Waals surface area contributed by atoms with Crippen LogP contribution in [0.1, 0.15) is 81.0 Å². The van der Waals surface area contributed by atoms with Gasteiger partial charge in [-0.15, -0.1) is 11.3 Å². The van der Waals surface area contributed by atoms with Crippen LogP contribution in [-0.2, 0) is 6.42 Å². The van der Waals surface area contributed by atoms with Crippen molar-refractivity contribution in [1.29, 1.82) is 0 Å². The molecule has 2 rings (SSSR count). The minimum atomic E-state index is 0.599. The maximum absolute atomic E-state index is 3.77. The molecule has 1 fully saturated rings. The molecule has 0 aliphatic heterocycles. The highest BCUT2D eigenvalue weighted by atomic mass is 32.1. The molecule has 1 aliphatic rings. The second-order valence-electron chi connectivity index (χ2n) is 6.25. The van der Waals surface area contributed by atoms with Gasteiger partial charge in [-0.2, -0.15) is 0 Å². The summed E-state index contributed by atoms with van der Waals surface area (Å²) in [6, 6.07) is 5.28. The van der Waals surface area contributed by atoms with Crippen LogP contribution in [0.25, 0.3) is 0 Å². The summed E-state index contributed by atoms with van der Waals surface area (Å²) in [5.74, 6) is 1.00. The van der Waals surface area contributed by atoms with Crippen LogP contribution in [0.15, 0.2) is 12.1 Å². The molecule has 1 unspecified atom stereocenters. The lowest BCUT2D eigenvalue weighted by Gasteiger charge is -2.24. The van der Waals surface area contributed by atoms with Crippen molar-refractivity contribution in [1.82, 2.24) is 5.32 Å². The second kappa shape index (κ2) is 8.84. The maximum atomic E-state index is 3.77. The van der Waals surface area contributed by atoms with Crippen LogP contribution in [-0.4, -0.2) is 6.54 Å². The van der Waals surface area contributed by atoms with E-state index in [2.05, 4.69) is 31.3 Å². The van der Waals surface area contributed by atoms with Crippen LogP contribution in [0.4, 0.5) is 0 Å². The zero-order valence-electron chi connectivity index (χ0n) is 13.3. The second-order valence-corrected chi connectivity index (χ2v) is 7.45. The molecule has 1 aromatic heterocycles. The van der Waals surface area contributed by atoms with E-state index < -0.39 is 0 Å². The molecule has 0 saturated heterocycles. The van der Waals surface area contributed by atoms with Gasteiger partial charge in [-0.3, -0.25) is 0 Å². The summed E-state index contributed by atoms with van der Waals surface area (Å²) >= 11 is 2.02. The van der Waals surface area contributed by atoms with E-state index in [-0.39, 0.29) is 0 Å². The van der Waals surface area contributed by atoms with Crippen molar-refractivity contribution in [3.8, 4) is 0 Å². The molecule has 114 valence electrons. The molecule has 0 radical (unpaired) electrons. The first-order valence-electron chi connectivity index (χ1n) is 8.65. The van der Waals surface area contributed by atoms with Crippen molar-refractivity contribution in [3.05, 3.63) is 21.9 Å². The van der Waals surface area contributed by atoms with Gasteiger partial charge in [0.1, 0.15) is 0 Å². The molecule has 1 heterocycles. The molecule has 1 aliphatic carbocycles. The average Bonchev–Trinajstić information content (AvgIpc) is 2.97. The molecule has 1 nitrogen and oxygen atoms in total. The lowest BCUT2D eigenvalue weighted by molar-refractivity contribution is 0.315. The Labute approximate surface area is 129 Å². The number of hydrogen-bond donors (Lipinski definition) is 1. The van der Waals surface area contributed by atoms with Crippen LogP contribution in [0.5, 0.6) is 0 Å². The lowest BCUT2D eigenvalue weighted by Crippen LogP contribution is -2.22. The van der Waals surface area contributed by atoms with Gasteiger partial charge in [0.15, 0.2) is 0 Å². The summed E-state index contributed by atoms with van der Waals surface area (Å²) in [6.45, 7) is 5.66. The van der Waals surface area contributed by atoms with Gasteiger partial charge in [-0.25, -0.2) is 0 Å². The summed E-state index contributed by atoms with van der Waals surface area (Å²) in [6.07, 6.45) is 12.5. The Morgan fingerprint density at radius 2 is 2.00 bits per heavy atom. The van der Waals surface area contributed by atoms with Gasteiger partial charge in [0.25, 0.3) is 0 Å². The van der Waals surface area contributed by atoms with Crippen molar-refractivity contribution >= 4 is 11.3 Å². The van der Waals surface area contributed by atoms with Gasteiger partial charge in [0, 0.05) is 15.8 Å². The van der Waals surface area contributed by atoms with Crippen molar-refractivity contribution in [3.63, 3.8) is 0 Å². The highest BCUT2D eigenvalue weighted by molar-refractivity contribution is 7.12. The lowest BCUT2D eigenvalue weighted by atomic mass is 9.85. The van der Waals surface area contributed by atoms with Crippen LogP contribution in [0.3, 0.4) is 0 Å². The van der Waals surface area contributed by atoms with Gasteiger partial charge >= 0.3 is 0 Å². The smallest absolute Gasteiger partial charge is 0.0414 e. The summed E-state index contributed by atoms with van der Waals surface area (Å²) < 4.78 is 0. The monoisotopic (exact) mass is 293 g/mol. The summed E-state index contributed by atoms with van der Waals surface area (Å²) in [4.78, 5) is 3.09. The van der Waals surface area contributed by atoms with E-state index in [1.165, 1.54) is 62.7 Å². The number of nitrogens with one attached hydrogen (secondary N) is 1. The largest absolute Gasteiger partial charge is 0.309 e. The van der Waals surface area contributed by atoms with E-state index in [0.717, 1.165) is 12.5 Å². The first kappa shape index (κ1) is 16.0. The van der Waals surface area contributed by atoms with Gasteiger partial charge in [0.05, 0.1) is 0 Å². The predicted molar refractivity (Wildman–Crippen MR) is 90.5 cm³/mol. The van der Waals surface area contributed by atoms with Crippen molar-refractivity contribution in [2.75, 3.05) is 6.54 Å². The fourth-order valence-electron chi connectivity index (χ4n) is 3.31. The van der Waals surface area contributed by atoms with Crippen molar-refractivity contribution in [2.45, 2.75) is 77.7 Å². The topological polar surface area (TPSA) is 12.0 Å². The van der Waals surface area contributed by atoms with E-state index in [1.54, 1.807) is 4.88 Å². The molecular formula is C18H31NS. The van der Waals surface area contributed by atoms with Crippen LogP contribution >= 0.6 is 11.3 Å². The molecule has 0 aromatic carbocycles. The van der Waals surface area contributed by atoms with E-state index in [1.807, 2.05) is 11.3 Å². The molecule has 1 saturated carbocycles. The maximum Gasteiger partial charge on any atom is 0.0414 e. The Morgan fingerprint density at radius 3 is 2.65 bits per heavy atom. The molecule has 1 N–H and O–H groups in total. The van der Waals surface area contributed by atoms with Crippen LogP contribution in [0.2, 0.25) is 0 Å². The average molecular weight is 294 g/mol. The third-order valence-corrected chi connectivity index (χ3v) is 5.95. The molecule has 1 aromatic rings. The fourth-order valence-corrected chi connectivity index (χ4v) is 4.38. The highest BCUT2D eigenvalue weighted by Crippen LogP contribution is 2.32. The fraction of sp³-hybridized carbons (Fsp3) is 0.778. The zero-order valence-corrected chi connectivity index (χ0v) is 14.1. The molecule has 1 atom stereocenters. The van der Waals surface area contributed by atoms with E-state index in [4.69, 9.17) is 0 Å². The zero-order chi connectivity index (χ0) is 14.2. The molecule has 0 bridgehead atoms. The molecular weight excluding hydrogens is 262 g/mol. The molecule has 0 spiro atoms. The first-order chi connectivity index (χ1) is 9.83. The minimum absolute atomic E-state index is 0.599. The standard InChI is InChI=1S/C18H31NS/c1-3-14-19-17(18-13-11-16(4-2)20-18)12-10-15-8-6-5-7-9-15/h11,13,15,17,19H,3-10,12,14H2,1-2H3. The van der Waals surface area contributed by atoms with E-state index >= 15 is 0 Å². The van der Waals surface area contributed by atoms with Gasteiger partial charge < -0.3 is 5.32 Å². The SMILES string of the molecule is CCCNC(CCC1CCCCC1)c1ccc(CC)s1. The first-order valence-corrected chi connectivity index (χ1v) is 9.47. The van der Waals surface area contributed by atoms with Crippen LogP contribution < -0.4 is 5.32 Å². The van der Waals surface area contributed by atoms with Gasteiger partial charge in [0.2, 0.25) is 0 Å². The summed E-state index contributed by atoms with van der Waals surface area (Å²) in [7, 11) is 0. The number of aryl methyl sites for hydroxylation is 1. The normalized spacial score (nSPS) is 18.3. The minimum Gasteiger partial charge on any atom is -0.309 e. The summed E-state index contributed by atoms with van der Waals surface area (Å²) in [5, 5.41) is 3.77. The van der Waals surface area contributed by atoms with Gasteiger partial charge in [-0.05, 0) is 50.3 Å². The highest BCUT2D eigenvalue weighted by Gasteiger charge is 2.18. The van der Waals surface area contributed by atoms with Gasteiger partial charge in [-0.1, -0.05) is 46.0 Å².